The normalized spacial score (nSPS) is 19.8. The zero-order valence-corrected chi connectivity index (χ0v) is 16.9. The fourth-order valence-electron chi connectivity index (χ4n) is 3.92. The monoisotopic (exact) mass is 374 g/mol. The molecule has 1 aliphatic heterocycles. The van der Waals surface area contributed by atoms with E-state index in [4.69, 9.17) is 9.72 Å². The first-order valence-corrected chi connectivity index (χ1v) is 9.84. The van der Waals surface area contributed by atoms with Crippen molar-refractivity contribution in [2.24, 2.45) is 0 Å². The van der Waals surface area contributed by atoms with Crippen LogP contribution in [0.4, 0.5) is 0 Å². The molecule has 1 aromatic heterocycles. The highest BCUT2D eigenvalue weighted by Crippen LogP contribution is 2.28. The Hall–Kier alpha value is -2.72. The lowest BCUT2D eigenvalue weighted by Crippen LogP contribution is -2.48. The minimum Gasteiger partial charge on any atom is -0.372 e. The summed E-state index contributed by atoms with van der Waals surface area (Å²) in [7, 11) is 0. The molecule has 0 N–H and O–H groups in total. The molecule has 144 valence electrons. The van der Waals surface area contributed by atoms with Crippen molar-refractivity contribution in [3.63, 3.8) is 0 Å². The number of hydrogen-bond acceptors (Lipinski definition) is 3. The Labute approximate surface area is 166 Å². The second-order valence-corrected chi connectivity index (χ2v) is 7.84. The predicted octanol–water partition coefficient (Wildman–Crippen LogP) is 4.77. The minimum absolute atomic E-state index is 0.0417. The highest BCUT2D eigenvalue weighted by molar-refractivity contribution is 6.07. The van der Waals surface area contributed by atoms with Crippen molar-refractivity contribution in [3.05, 3.63) is 65.2 Å². The molecule has 2 unspecified atom stereocenters. The Balaban J connectivity index is 1.82. The van der Waals surface area contributed by atoms with Gasteiger partial charge in [0.2, 0.25) is 0 Å². The Morgan fingerprint density at radius 2 is 1.71 bits per heavy atom. The van der Waals surface area contributed by atoms with Gasteiger partial charge in [-0.05, 0) is 57.0 Å². The Morgan fingerprint density at radius 3 is 2.43 bits per heavy atom. The van der Waals surface area contributed by atoms with Gasteiger partial charge >= 0.3 is 0 Å². The summed E-state index contributed by atoms with van der Waals surface area (Å²) in [4.78, 5) is 20.2. The molecule has 1 aliphatic rings. The standard InChI is InChI=1S/C24H26N2O2/c1-15-9-10-19(11-16(15)2)23-12-21(20-7-5-6-8-22(20)25-23)24(27)26-13-17(3)28-18(4)14-26/h5-12,17-18H,13-14H2,1-4H3. The van der Waals surface area contributed by atoms with Crippen LogP contribution in [0.25, 0.3) is 22.2 Å². The summed E-state index contributed by atoms with van der Waals surface area (Å²) in [5, 5.41) is 0.895. The van der Waals surface area contributed by atoms with Gasteiger partial charge in [-0.2, -0.15) is 0 Å². The van der Waals surface area contributed by atoms with Gasteiger partial charge in [0.1, 0.15) is 0 Å². The quantitative estimate of drug-likeness (QED) is 0.649. The molecule has 0 radical (unpaired) electrons. The number of aryl methyl sites for hydroxylation is 2. The fourth-order valence-corrected chi connectivity index (χ4v) is 3.92. The summed E-state index contributed by atoms with van der Waals surface area (Å²) in [6.45, 7) is 9.45. The molecule has 2 aromatic carbocycles. The third kappa shape index (κ3) is 3.52. The van der Waals surface area contributed by atoms with Gasteiger partial charge in [-0.3, -0.25) is 4.79 Å². The number of pyridine rings is 1. The number of rotatable bonds is 2. The van der Waals surface area contributed by atoms with Crippen molar-refractivity contribution in [2.75, 3.05) is 13.1 Å². The van der Waals surface area contributed by atoms with Crippen LogP contribution in [0.2, 0.25) is 0 Å². The van der Waals surface area contributed by atoms with Crippen LogP contribution in [-0.4, -0.2) is 41.1 Å². The van der Waals surface area contributed by atoms with Crippen LogP contribution < -0.4 is 0 Å². The number of hydrogen-bond donors (Lipinski definition) is 0. The minimum atomic E-state index is 0.0417. The molecule has 2 atom stereocenters. The number of nitrogens with zero attached hydrogens (tertiary/aromatic N) is 2. The molecule has 3 aromatic rings. The van der Waals surface area contributed by atoms with E-state index in [2.05, 4.69) is 32.0 Å². The maximum Gasteiger partial charge on any atom is 0.254 e. The van der Waals surface area contributed by atoms with Crippen molar-refractivity contribution in [3.8, 4) is 11.3 Å². The topological polar surface area (TPSA) is 42.4 Å². The van der Waals surface area contributed by atoms with E-state index in [1.807, 2.05) is 49.1 Å². The summed E-state index contributed by atoms with van der Waals surface area (Å²) in [6, 6.07) is 16.1. The van der Waals surface area contributed by atoms with E-state index in [1.54, 1.807) is 0 Å². The van der Waals surface area contributed by atoms with Crippen LogP contribution >= 0.6 is 0 Å². The SMILES string of the molecule is Cc1ccc(-c2cc(C(=O)N3CC(C)OC(C)C3)c3ccccc3n2)cc1C. The van der Waals surface area contributed by atoms with E-state index in [0.717, 1.165) is 22.2 Å². The van der Waals surface area contributed by atoms with Crippen LogP contribution in [-0.2, 0) is 4.74 Å². The van der Waals surface area contributed by atoms with Gasteiger partial charge in [0.05, 0.1) is 29.0 Å². The number of carbonyl (C=O) groups is 1. The number of fused-ring (bicyclic) bond motifs is 1. The molecule has 1 fully saturated rings. The summed E-state index contributed by atoms with van der Waals surface area (Å²) in [6.07, 6.45) is 0.0834. The molecule has 0 bridgehead atoms. The molecule has 0 spiro atoms. The molecule has 28 heavy (non-hydrogen) atoms. The number of para-hydroxylation sites is 1. The number of benzene rings is 2. The zero-order valence-electron chi connectivity index (χ0n) is 16.9. The van der Waals surface area contributed by atoms with Gasteiger partial charge < -0.3 is 9.64 Å². The average molecular weight is 374 g/mol. The van der Waals surface area contributed by atoms with E-state index < -0.39 is 0 Å². The molecule has 4 heteroatoms. The van der Waals surface area contributed by atoms with Gasteiger partial charge in [0.15, 0.2) is 0 Å². The van der Waals surface area contributed by atoms with E-state index in [9.17, 15) is 4.79 Å². The lowest BCUT2D eigenvalue weighted by molar-refractivity contribution is -0.0585. The highest BCUT2D eigenvalue weighted by Gasteiger charge is 2.28. The maximum atomic E-state index is 13.5. The number of amides is 1. The molecular weight excluding hydrogens is 348 g/mol. The molecular formula is C24H26N2O2. The molecule has 4 nitrogen and oxygen atoms in total. The zero-order chi connectivity index (χ0) is 19.8. The second kappa shape index (κ2) is 7.36. The van der Waals surface area contributed by atoms with Crippen LogP contribution in [0.5, 0.6) is 0 Å². The van der Waals surface area contributed by atoms with Crippen molar-refractivity contribution in [1.82, 2.24) is 9.88 Å². The molecule has 1 amide bonds. The van der Waals surface area contributed by atoms with E-state index in [0.29, 0.717) is 18.7 Å². The average Bonchev–Trinajstić information content (AvgIpc) is 2.68. The number of carbonyl (C=O) groups excluding carboxylic acids is 1. The first-order chi connectivity index (χ1) is 13.4. The maximum absolute atomic E-state index is 13.5. The molecule has 1 saturated heterocycles. The third-order valence-electron chi connectivity index (χ3n) is 5.46. The third-order valence-corrected chi connectivity index (χ3v) is 5.46. The Morgan fingerprint density at radius 1 is 1.00 bits per heavy atom. The van der Waals surface area contributed by atoms with Crippen molar-refractivity contribution in [1.29, 1.82) is 0 Å². The van der Waals surface area contributed by atoms with Crippen LogP contribution in [0.1, 0.15) is 35.3 Å². The van der Waals surface area contributed by atoms with Crippen LogP contribution in [0.15, 0.2) is 48.5 Å². The Kier molecular flexibility index (Phi) is 4.90. The van der Waals surface area contributed by atoms with Crippen molar-refractivity contribution in [2.45, 2.75) is 39.9 Å². The summed E-state index contributed by atoms with van der Waals surface area (Å²) < 4.78 is 5.80. The number of aromatic nitrogens is 1. The predicted molar refractivity (Wildman–Crippen MR) is 113 cm³/mol. The van der Waals surface area contributed by atoms with Crippen molar-refractivity contribution >= 4 is 16.8 Å². The van der Waals surface area contributed by atoms with Crippen molar-refractivity contribution < 1.29 is 9.53 Å². The van der Waals surface area contributed by atoms with Crippen LogP contribution in [0, 0.1) is 13.8 Å². The smallest absolute Gasteiger partial charge is 0.254 e. The fraction of sp³-hybridized carbons (Fsp3) is 0.333. The van der Waals surface area contributed by atoms with Crippen LogP contribution in [0.3, 0.4) is 0 Å². The van der Waals surface area contributed by atoms with E-state index in [1.165, 1.54) is 11.1 Å². The lowest BCUT2D eigenvalue weighted by atomic mass is 10.00. The van der Waals surface area contributed by atoms with E-state index in [-0.39, 0.29) is 18.1 Å². The number of ether oxygens (including phenoxy) is 1. The highest BCUT2D eigenvalue weighted by atomic mass is 16.5. The summed E-state index contributed by atoms with van der Waals surface area (Å²) in [5.74, 6) is 0.0469. The van der Waals surface area contributed by atoms with Gasteiger partial charge in [-0.1, -0.05) is 30.3 Å². The summed E-state index contributed by atoms with van der Waals surface area (Å²) in [5.41, 5.74) is 5.88. The first-order valence-electron chi connectivity index (χ1n) is 9.84. The van der Waals surface area contributed by atoms with Gasteiger partial charge in [0, 0.05) is 24.0 Å². The lowest BCUT2D eigenvalue weighted by Gasteiger charge is -2.35. The van der Waals surface area contributed by atoms with Gasteiger partial charge in [-0.15, -0.1) is 0 Å². The first kappa shape index (κ1) is 18.6. The van der Waals surface area contributed by atoms with E-state index >= 15 is 0 Å². The molecule has 0 saturated carbocycles. The molecule has 2 heterocycles. The summed E-state index contributed by atoms with van der Waals surface area (Å²) >= 11 is 0. The van der Waals surface area contributed by atoms with Gasteiger partial charge in [-0.25, -0.2) is 4.98 Å². The Bertz CT molecular complexity index is 1030. The molecule has 4 rings (SSSR count). The molecule has 0 aliphatic carbocycles. The van der Waals surface area contributed by atoms with Gasteiger partial charge in [0.25, 0.3) is 5.91 Å². The second-order valence-electron chi connectivity index (χ2n) is 7.84. The number of morpholine rings is 1. The largest absolute Gasteiger partial charge is 0.372 e.